The summed E-state index contributed by atoms with van der Waals surface area (Å²) < 4.78 is 8.72. The first-order chi connectivity index (χ1) is 11.1. The minimum Gasteiger partial charge on any atom is -0.380 e. The number of H-pyrrole nitrogens is 1. The van der Waals surface area contributed by atoms with Gasteiger partial charge in [0.1, 0.15) is 0 Å². The fourth-order valence-corrected chi connectivity index (χ4v) is 3.07. The highest BCUT2D eigenvalue weighted by molar-refractivity contribution is 5.74. The first-order valence-corrected chi connectivity index (χ1v) is 8.15. The second-order valence-corrected chi connectivity index (χ2v) is 5.80. The average molecular weight is 321 g/mol. The molecule has 0 radical (unpaired) electrons. The lowest BCUT2D eigenvalue weighted by Gasteiger charge is -2.28. The van der Waals surface area contributed by atoms with Gasteiger partial charge < -0.3 is 14.2 Å². The molecule has 3 rings (SSSR count). The number of aromatic amines is 1. The smallest absolute Gasteiger partial charge is 0.329 e. The normalized spacial score (nSPS) is 15.5. The minimum absolute atomic E-state index is 0.393. The van der Waals surface area contributed by atoms with Gasteiger partial charge in [-0.25, -0.2) is 4.79 Å². The van der Waals surface area contributed by atoms with Gasteiger partial charge in [0.05, 0.1) is 6.61 Å². The zero-order valence-electron chi connectivity index (χ0n) is 13.7. The maximum Gasteiger partial charge on any atom is 0.329 e. The number of piperidine rings is 1. The van der Waals surface area contributed by atoms with Crippen molar-refractivity contribution in [3.8, 4) is 0 Å². The minimum atomic E-state index is -0.442. The summed E-state index contributed by atoms with van der Waals surface area (Å²) >= 11 is 0. The summed E-state index contributed by atoms with van der Waals surface area (Å²) in [5.41, 5.74) is 0.0284. The summed E-state index contributed by atoms with van der Waals surface area (Å²) in [6.07, 6.45) is 3.45. The molecule has 1 aliphatic heterocycles. The Kier molecular flexibility index (Phi) is 4.51. The second kappa shape index (κ2) is 6.57. The zero-order chi connectivity index (χ0) is 16.4. The van der Waals surface area contributed by atoms with E-state index in [4.69, 9.17) is 4.74 Å². The Morgan fingerprint density at radius 1 is 1.22 bits per heavy atom. The number of nitrogens with zero attached hydrogens (tertiary/aromatic N) is 4. The number of nitrogens with one attached hydrogen (secondary N) is 1. The van der Waals surface area contributed by atoms with E-state index in [1.54, 1.807) is 7.05 Å². The van der Waals surface area contributed by atoms with E-state index in [9.17, 15) is 9.59 Å². The third-order valence-corrected chi connectivity index (χ3v) is 4.29. The van der Waals surface area contributed by atoms with Crippen LogP contribution in [-0.4, -0.2) is 45.4 Å². The number of ether oxygens (including phenoxy) is 1. The summed E-state index contributed by atoms with van der Waals surface area (Å²) in [7, 11) is 1.63. The van der Waals surface area contributed by atoms with Gasteiger partial charge in [-0.2, -0.15) is 4.98 Å². The quantitative estimate of drug-likeness (QED) is 0.808. The van der Waals surface area contributed by atoms with Crippen LogP contribution < -0.4 is 16.1 Å². The number of hydrogen-bond acceptors (Lipinski definition) is 5. The first kappa shape index (κ1) is 15.8. The summed E-state index contributed by atoms with van der Waals surface area (Å²) in [4.78, 5) is 33.3. The Hall–Kier alpha value is -2.09. The van der Waals surface area contributed by atoms with E-state index in [1.807, 2.05) is 11.5 Å². The highest BCUT2D eigenvalue weighted by atomic mass is 16.5. The standard InChI is InChI=1S/C15H23N5O3/c1-3-23-10-9-20-11-12(18(2)15(22)17-13(11)21)16-14(20)19-7-5-4-6-8-19/h3-10H2,1-2H3,(H,17,21,22). The number of aromatic nitrogens is 4. The van der Waals surface area contributed by atoms with Crippen molar-refractivity contribution < 1.29 is 4.74 Å². The van der Waals surface area contributed by atoms with Crippen LogP contribution in [0.15, 0.2) is 9.59 Å². The monoisotopic (exact) mass is 321 g/mol. The number of hydrogen-bond donors (Lipinski definition) is 1. The molecule has 8 heteroatoms. The van der Waals surface area contributed by atoms with Crippen LogP contribution in [0.25, 0.3) is 11.2 Å². The van der Waals surface area contributed by atoms with Crippen molar-refractivity contribution >= 4 is 17.1 Å². The van der Waals surface area contributed by atoms with Crippen LogP contribution in [0.4, 0.5) is 5.95 Å². The molecule has 0 atom stereocenters. The Balaban J connectivity index is 2.14. The highest BCUT2D eigenvalue weighted by Gasteiger charge is 2.22. The SMILES string of the molecule is CCOCCn1c(N2CCCCC2)nc2c1c(=O)[nH]c(=O)n2C. The third-order valence-electron chi connectivity index (χ3n) is 4.29. The number of rotatable bonds is 5. The lowest BCUT2D eigenvalue weighted by molar-refractivity contribution is 0.140. The molecule has 8 nitrogen and oxygen atoms in total. The van der Waals surface area contributed by atoms with Gasteiger partial charge in [0.25, 0.3) is 5.56 Å². The van der Waals surface area contributed by atoms with Crippen molar-refractivity contribution in [3.63, 3.8) is 0 Å². The first-order valence-electron chi connectivity index (χ1n) is 8.15. The molecule has 0 aliphatic carbocycles. The fourth-order valence-electron chi connectivity index (χ4n) is 3.07. The van der Waals surface area contributed by atoms with E-state index < -0.39 is 11.2 Å². The maximum absolute atomic E-state index is 12.3. The third kappa shape index (κ3) is 2.90. The van der Waals surface area contributed by atoms with E-state index in [2.05, 4.69) is 14.9 Å². The molecule has 1 aliphatic rings. The molecular formula is C15H23N5O3. The van der Waals surface area contributed by atoms with Gasteiger partial charge in [-0.05, 0) is 26.2 Å². The summed E-state index contributed by atoms with van der Waals surface area (Å²) in [5.74, 6) is 0.756. The van der Waals surface area contributed by atoms with E-state index in [-0.39, 0.29) is 0 Å². The molecule has 0 bridgehead atoms. The van der Waals surface area contributed by atoms with Crippen LogP contribution in [0.3, 0.4) is 0 Å². The lowest BCUT2D eigenvalue weighted by atomic mass is 10.1. The Morgan fingerprint density at radius 2 is 1.96 bits per heavy atom. The predicted molar refractivity (Wildman–Crippen MR) is 88.2 cm³/mol. The van der Waals surface area contributed by atoms with Crippen molar-refractivity contribution in [2.45, 2.75) is 32.7 Å². The Morgan fingerprint density at radius 3 is 2.65 bits per heavy atom. The van der Waals surface area contributed by atoms with Gasteiger partial charge in [0.15, 0.2) is 11.2 Å². The number of anilines is 1. The Bertz CT molecular complexity index is 798. The van der Waals surface area contributed by atoms with E-state index in [1.165, 1.54) is 11.0 Å². The van der Waals surface area contributed by atoms with Gasteiger partial charge in [-0.1, -0.05) is 0 Å². The fraction of sp³-hybridized carbons (Fsp3) is 0.667. The molecule has 0 spiro atoms. The van der Waals surface area contributed by atoms with Crippen LogP contribution in [0.1, 0.15) is 26.2 Å². The van der Waals surface area contributed by atoms with Crippen molar-refractivity contribution in [3.05, 3.63) is 20.8 Å². The molecular weight excluding hydrogens is 298 g/mol. The molecule has 23 heavy (non-hydrogen) atoms. The molecule has 1 N–H and O–H groups in total. The van der Waals surface area contributed by atoms with Gasteiger partial charge in [-0.3, -0.25) is 14.3 Å². The van der Waals surface area contributed by atoms with E-state index in [0.717, 1.165) is 31.9 Å². The summed E-state index contributed by atoms with van der Waals surface area (Å²) in [5, 5.41) is 0. The molecule has 0 amide bonds. The maximum atomic E-state index is 12.3. The van der Waals surface area contributed by atoms with Crippen molar-refractivity contribution in [2.75, 3.05) is 31.2 Å². The van der Waals surface area contributed by atoms with Crippen LogP contribution in [-0.2, 0) is 18.3 Å². The van der Waals surface area contributed by atoms with Crippen LogP contribution in [0, 0.1) is 0 Å². The van der Waals surface area contributed by atoms with E-state index in [0.29, 0.717) is 30.9 Å². The lowest BCUT2D eigenvalue weighted by Crippen LogP contribution is -2.32. The molecule has 2 aromatic rings. The molecule has 1 fully saturated rings. The van der Waals surface area contributed by atoms with Gasteiger partial charge >= 0.3 is 5.69 Å². The second-order valence-electron chi connectivity index (χ2n) is 5.80. The van der Waals surface area contributed by atoms with Crippen LogP contribution in [0.2, 0.25) is 0 Å². The van der Waals surface area contributed by atoms with Crippen LogP contribution in [0.5, 0.6) is 0 Å². The largest absolute Gasteiger partial charge is 0.380 e. The van der Waals surface area contributed by atoms with Crippen molar-refractivity contribution in [1.82, 2.24) is 19.1 Å². The number of aryl methyl sites for hydroxylation is 1. The average Bonchev–Trinajstić information content (AvgIpc) is 2.94. The summed E-state index contributed by atoms with van der Waals surface area (Å²) in [6.45, 7) is 5.45. The van der Waals surface area contributed by atoms with Crippen LogP contribution >= 0.6 is 0 Å². The van der Waals surface area contributed by atoms with E-state index >= 15 is 0 Å². The number of imidazole rings is 1. The van der Waals surface area contributed by atoms with Gasteiger partial charge in [-0.15, -0.1) is 0 Å². The van der Waals surface area contributed by atoms with Gasteiger partial charge in [0, 0.05) is 33.3 Å². The number of fused-ring (bicyclic) bond motifs is 1. The topological polar surface area (TPSA) is 85.2 Å². The molecule has 0 saturated carbocycles. The molecule has 0 unspecified atom stereocenters. The molecule has 126 valence electrons. The Labute approximate surface area is 133 Å². The predicted octanol–water partition coefficient (Wildman–Crippen LogP) is 0.450. The summed E-state index contributed by atoms with van der Waals surface area (Å²) in [6, 6.07) is 0. The van der Waals surface area contributed by atoms with Gasteiger partial charge in [0.2, 0.25) is 5.95 Å². The molecule has 0 aromatic carbocycles. The highest BCUT2D eigenvalue weighted by Crippen LogP contribution is 2.22. The molecule has 1 saturated heterocycles. The molecule has 2 aromatic heterocycles. The molecule has 3 heterocycles. The zero-order valence-corrected chi connectivity index (χ0v) is 13.7. The van der Waals surface area contributed by atoms with Crippen molar-refractivity contribution in [2.24, 2.45) is 7.05 Å². The van der Waals surface area contributed by atoms with Crippen molar-refractivity contribution in [1.29, 1.82) is 0 Å².